The Labute approximate surface area is 157 Å². The molecule has 3 aromatic carbocycles. The first kappa shape index (κ1) is 17.9. The van der Waals surface area contributed by atoms with Gasteiger partial charge < -0.3 is 15.4 Å². The Morgan fingerprint density at radius 1 is 0.846 bits per heavy atom. The number of hydrogen-bond acceptors (Lipinski definition) is 3. The molecule has 2 amide bonds. The second kappa shape index (κ2) is 9.53. The summed E-state index contributed by atoms with van der Waals surface area (Å²) in [6.07, 6.45) is 0. The van der Waals surface area contributed by atoms with E-state index in [1.807, 2.05) is 84.9 Å². The third kappa shape index (κ3) is 5.57. The molecule has 0 bridgehead atoms. The monoisotopic (exact) mass is 364 g/mol. The number of amides is 2. The van der Waals surface area contributed by atoms with Crippen LogP contribution in [0.3, 0.4) is 0 Å². The van der Waals surface area contributed by atoms with E-state index in [0.717, 1.165) is 21.2 Å². The Morgan fingerprint density at radius 2 is 1.50 bits per heavy atom. The summed E-state index contributed by atoms with van der Waals surface area (Å²) in [7, 11) is 0. The van der Waals surface area contributed by atoms with Crippen LogP contribution in [0.15, 0.2) is 94.7 Å². The molecule has 132 valence electrons. The van der Waals surface area contributed by atoms with Crippen LogP contribution in [0.5, 0.6) is 5.75 Å². The topological polar surface area (TPSA) is 50.4 Å². The van der Waals surface area contributed by atoms with Crippen molar-refractivity contribution in [3.63, 3.8) is 0 Å². The fourth-order valence-corrected chi connectivity index (χ4v) is 3.21. The zero-order chi connectivity index (χ0) is 18.0. The van der Waals surface area contributed by atoms with Crippen LogP contribution in [-0.2, 0) is 0 Å². The van der Waals surface area contributed by atoms with E-state index in [4.69, 9.17) is 4.74 Å². The van der Waals surface area contributed by atoms with Gasteiger partial charge in [-0.05, 0) is 36.4 Å². The van der Waals surface area contributed by atoms with Gasteiger partial charge in [-0.1, -0.05) is 60.3 Å². The highest BCUT2D eigenvalue weighted by Gasteiger charge is 2.07. The Hall–Kier alpha value is -2.92. The maximum atomic E-state index is 12.1. The van der Waals surface area contributed by atoms with Crippen LogP contribution in [-0.4, -0.2) is 19.2 Å². The maximum absolute atomic E-state index is 12.1. The van der Waals surface area contributed by atoms with Crippen molar-refractivity contribution in [1.82, 2.24) is 5.32 Å². The Bertz CT molecular complexity index is 826. The first-order chi connectivity index (χ1) is 12.8. The van der Waals surface area contributed by atoms with Crippen molar-refractivity contribution < 1.29 is 9.53 Å². The molecule has 0 saturated heterocycles. The number of urea groups is 1. The van der Waals surface area contributed by atoms with E-state index in [1.165, 1.54) is 0 Å². The highest BCUT2D eigenvalue weighted by Crippen LogP contribution is 2.33. The molecule has 0 unspecified atom stereocenters. The molecule has 0 saturated carbocycles. The van der Waals surface area contributed by atoms with E-state index in [2.05, 4.69) is 10.6 Å². The third-order valence-corrected chi connectivity index (χ3v) is 4.59. The van der Waals surface area contributed by atoms with Crippen LogP contribution in [0.1, 0.15) is 0 Å². The minimum atomic E-state index is -0.247. The average Bonchev–Trinajstić information content (AvgIpc) is 2.68. The number of nitrogens with one attached hydrogen (secondary N) is 2. The Kier molecular flexibility index (Phi) is 6.56. The summed E-state index contributed by atoms with van der Waals surface area (Å²) in [6.45, 7) is 0.840. The van der Waals surface area contributed by atoms with Gasteiger partial charge in [-0.25, -0.2) is 4.79 Å². The van der Waals surface area contributed by atoms with Crippen molar-refractivity contribution in [1.29, 1.82) is 0 Å². The van der Waals surface area contributed by atoms with Crippen molar-refractivity contribution in [2.75, 3.05) is 18.5 Å². The van der Waals surface area contributed by atoms with Crippen molar-refractivity contribution in [3.8, 4) is 5.75 Å². The molecule has 0 aromatic heterocycles. The van der Waals surface area contributed by atoms with Crippen molar-refractivity contribution >= 4 is 23.5 Å². The summed E-state index contributed by atoms with van der Waals surface area (Å²) in [5, 5.41) is 5.71. The number of hydrogen-bond donors (Lipinski definition) is 2. The van der Waals surface area contributed by atoms with E-state index in [9.17, 15) is 4.79 Å². The summed E-state index contributed by atoms with van der Waals surface area (Å²) in [6, 6.07) is 27.1. The van der Waals surface area contributed by atoms with Crippen LogP contribution in [0.25, 0.3) is 0 Å². The van der Waals surface area contributed by atoms with E-state index >= 15 is 0 Å². The lowest BCUT2D eigenvalue weighted by atomic mass is 10.3. The molecule has 26 heavy (non-hydrogen) atoms. The highest BCUT2D eigenvalue weighted by atomic mass is 32.2. The second-order valence-corrected chi connectivity index (χ2v) is 6.57. The van der Waals surface area contributed by atoms with Gasteiger partial charge in [0.1, 0.15) is 12.4 Å². The van der Waals surface area contributed by atoms with Gasteiger partial charge in [0.15, 0.2) is 0 Å². The van der Waals surface area contributed by atoms with E-state index in [0.29, 0.717) is 13.2 Å². The summed E-state index contributed by atoms with van der Waals surface area (Å²) in [4.78, 5) is 14.3. The zero-order valence-corrected chi connectivity index (χ0v) is 15.0. The molecule has 3 rings (SSSR count). The standard InChI is InChI=1S/C21H20N2O2S/c24-21(22-15-16-25-17-9-3-1-4-10-17)23-19-13-7-8-14-20(19)26-18-11-5-2-6-12-18/h1-14H,15-16H2,(H2,22,23,24). The molecule has 0 aliphatic heterocycles. The van der Waals surface area contributed by atoms with E-state index < -0.39 is 0 Å². The SMILES string of the molecule is O=C(NCCOc1ccccc1)Nc1ccccc1Sc1ccccc1. The van der Waals surface area contributed by atoms with Crippen LogP contribution in [0.2, 0.25) is 0 Å². The van der Waals surface area contributed by atoms with Gasteiger partial charge in [-0.3, -0.25) is 0 Å². The van der Waals surface area contributed by atoms with Crippen LogP contribution < -0.4 is 15.4 Å². The molecular weight excluding hydrogens is 344 g/mol. The van der Waals surface area contributed by atoms with Gasteiger partial charge in [0.05, 0.1) is 12.2 Å². The van der Waals surface area contributed by atoms with Crippen LogP contribution >= 0.6 is 11.8 Å². The van der Waals surface area contributed by atoms with Gasteiger partial charge in [0.25, 0.3) is 0 Å². The van der Waals surface area contributed by atoms with Crippen molar-refractivity contribution in [3.05, 3.63) is 84.9 Å². The van der Waals surface area contributed by atoms with Crippen LogP contribution in [0.4, 0.5) is 10.5 Å². The molecule has 3 aromatic rings. The first-order valence-electron chi connectivity index (χ1n) is 8.36. The fourth-order valence-electron chi connectivity index (χ4n) is 2.29. The molecule has 0 radical (unpaired) electrons. The number of para-hydroxylation sites is 2. The van der Waals surface area contributed by atoms with Gasteiger partial charge in [-0.2, -0.15) is 0 Å². The number of benzene rings is 3. The Morgan fingerprint density at radius 3 is 2.27 bits per heavy atom. The summed E-state index contributed by atoms with van der Waals surface area (Å²) < 4.78 is 5.56. The third-order valence-electron chi connectivity index (χ3n) is 3.51. The van der Waals surface area contributed by atoms with E-state index in [-0.39, 0.29) is 6.03 Å². The van der Waals surface area contributed by atoms with Gasteiger partial charge >= 0.3 is 6.03 Å². The van der Waals surface area contributed by atoms with Gasteiger partial charge in [0, 0.05) is 9.79 Å². The molecule has 5 heteroatoms. The molecule has 0 spiro atoms. The minimum Gasteiger partial charge on any atom is -0.492 e. The van der Waals surface area contributed by atoms with E-state index in [1.54, 1.807) is 11.8 Å². The summed E-state index contributed by atoms with van der Waals surface area (Å²) in [5.74, 6) is 0.791. The quantitative estimate of drug-likeness (QED) is 0.578. The molecule has 0 heterocycles. The number of anilines is 1. The smallest absolute Gasteiger partial charge is 0.319 e. The molecular formula is C21H20N2O2S. The minimum absolute atomic E-state index is 0.247. The number of carbonyl (C=O) groups is 1. The molecule has 0 aliphatic rings. The van der Waals surface area contributed by atoms with Crippen molar-refractivity contribution in [2.45, 2.75) is 9.79 Å². The summed E-state index contributed by atoms with van der Waals surface area (Å²) in [5.41, 5.74) is 0.780. The number of rotatable bonds is 7. The number of ether oxygens (including phenoxy) is 1. The summed E-state index contributed by atoms with van der Waals surface area (Å²) >= 11 is 1.61. The first-order valence-corrected chi connectivity index (χ1v) is 9.17. The molecule has 2 N–H and O–H groups in total. The van der Waals surface area contributed by atoms with Gasteiger partial charge in [-0.15, -0.1) is 0 Å². The predicted molar refractivity (Wildman–Crippen MR) is 106 cm³/mol. The Balaban J connectivity index is 1.49. The predicted octanol–water partition coefficient (Wildman–Crippen LogP) is 5.04. The lowest BCUT2D eigenvalue weighted by molar-refractivity contribution is 0.247. The lowest BCUT2D eigenvalue weighted by Crippen LogP contribution is -2.32. The average molecular weight is 364 g/mol. The molecule has 4 nitrogen and oxygen atoms in total. The maximum Gasteiger partial charge on any atom is 0.319 e. The van der Waals surface area contributed by atoms with Crippen molar-refractivity contribution in [2.24, 2.45) is 0 Å². The zero-order valence-electron chi connectivity index (χ0n) is 14.2. The molecule has 0 atom stereocenters. The fraction of sp³-hybridized carbons (Fsp3) is 0.0952. The normalized spacial score (nSPS) is 10.2. The van der Waals surface area contributed by atoms with Gasteiger partial charge in [0.2, 0.25) is 0 Å². The second-order valence-electron chi connectivity index (χ2n) is 5.45. The lowest BCUT2D eigenvalue weighted by Gasteiger charge is -2.12. The highest BCUT2D eigenvalue weighted by molar-refractivity contribution is 7.99. The molecule has 0 fully saturated rings. The number of carbonyl (C=O) groups excluding carboxylic acids is 1. The largest absolute Gasteiger partial charge is 0.492 e. The molecule has 0 aliphatic carbocycles. The van der Waals surface area contributed by atoms with Crippen LogP contribution in [0, 0.1) is 0 Å².